The van der Waals surface area contributed by atoms with Crippen LogP contribution >= 0.6 is 0 Å². The van der Waals surface area contributed by atoms with Crippen LogP contribution in [0, 0.1) is 0 Å². The van der Waals surface area contributed by atoms with E-state index in [2.05, 4.69) is 0 Å². The van der Waals surface area contributed by atoms with Crippen LogP contribution in [-0.4, -0.2) is 6.85 Å². The predicted molar refractivity (Wildman–Crippen MR) is 21.6 cm³/mol. The van der Waals surface area contributed by atoms with Crippen LogP contribution in [0.1, 0.15) is 6.42 Å². The van der Waals surface area contributed by atoms with Gasteiger partial charge in [0, 0.05) is 0 Å². The highest BCUT2D eigenvalue weighted by atomic mass is 14.6. The standard InChI is InChI=1S/C3H4BN/c5-4-2-1-3(2)4/h1,5H2. The molecule has 1 aliphatic carbocycles. The molecule has 0 radical (unpaired) electrons. The normalized spacial score (nSPS) is 27.0. The third-order valence-corrected chi connectivity index (χ3v) is 1.34. The molecule has 2 heteroatoms. The molecule has 0 saturated heterocycles. The second-order valence-corrected chi connectivity index (χ2v) is 1.70. The van der Waals surface area contributed by atoms with Crippen LogP contribution in [0.25, 0.3) is 0 Å². The fourth-order valence-corrected chi connectivity index (χ4v) is 0.590. The molecule has 1 heterocycles. The Bertz CT molecular complexity index is 104. The van der Waals surface area contributed by atoms with E-state index in [0.717, 1.165) is 0 Å². The minimum atomic E-state index is 0.481. The molecule has 0 aromatic heterocycles. The lowest BCUT2D eigenvalue weighted by molar-refractivity contribution is 1.51. The van der Waals surface area contributed by atoms with Gasteiger partial charge in [0.15, 0.2) is 0 Å². The summed E-state index contributed by atoms with van der Waals surface area (Å²) in [4.78, 5) is 0. The van der Waals surface area contributed by atoms with Crippen LogP contribution in [0.2, 0.25) is 0 Å². The second-order valence-electron chi connectivity index (χ2n) is 1.70. The monoisotopic (exact) mass is 65.0 g/mol. The van der Waals surface area contributed by atoms with Gasteiger partial charge in [0.2, 0.25) is 0 Å². The van der Waals surface area contributed by atoms with Gasteiger partial charge in [-0.2, -0.15) is 0 Å². The number of hydrogen-bond donors (Lipinski definition) is 1. The summed E-state index contributed by atoms with van der Waals surface area (Å²) in [5.74, 6) is 0. The SMILES string of the molecule is NB1C2=C1C2. The predicted octanol–water partition coefficient (Wildman–Crippen LogP) is -0.271. The average Bonchev–Trinajstić information content (AvgIpc) is 2.11. The van der Waals surface area contributed by atoms with E-state index in [1.807, 2.05) is 0 Å². The molecule has 0 aromatic carbocycles. The summed E-state index contributed by atoms with van der Waals surface area (Å²) in [5.41, 5.74) is 8.41. The van der Waals surface area contributed by atoms with Crippen LogP contribution in [0.15, 0.2) is 10.9 Å². The average molecular weight is 64.9 g/mol. The van der Waals surface area contributed by atoms with E-state index in [1.165, 1.54) is 17.4 Å². The molecule has 2 rings (SSSR count). The Morgan fingerprint density at radius 3 is 2.00 bits per heavy atom. The Kier molecular flexibility index (Phi) is 0.123. The van der Waals surface area contributed by atoms with Crippen LogP contribution in [-0.2, 0) is 0 Å². The molecule has 1 aliphatic heterocycles. The van der Waals surface area contributed by atoms with Crippen molar-refractivity contribution >= 4 is 6.85 Å². The zero-order valence-electron chi connectivity index (χ0n) is 2.86. The van der Waals surface area contributed by atoms with Crippen molar-refractivity contribution in [3.8, 4) is 0 Å². The first kappa shape index (κ1) is 2.03. The topological polar surface area (TPSA) is 26.0 Å². The molecule has 5 heavy (non-hydrogen) atoms. The van der Waals surface area contributed by atoms with Gasteiger partial charge in [-0.15, -0.1) is 0 Å². The molecular weight excluding hydrogens is 60.9 g/mol. The van der Waals surface area contributed by atoms with Crippen molar-refractivity contribution in [1.82, 2.24) is 0 Å². The van der Waals surface area contributed by atoms with Gasteiger partial charge in [0.25, 0.3) is 6.85 Å². The van der Waals surface area contributed by atoms with Gasteiger partial charge < -0.3 is 5.64 Å². The third-order valence-electron chi connectivity index (χ3n) is 1.34. The maximum absolute atomic E-state index is 5.34. The summed E-state index contributed by atoms with van der Waals surface area (Å²) in [5, 5.41) is 0. The highest BCUT2D eigenvalue weighted by Gasteiger charge is 2.49. The minimum Gasteiger partial charge on any atom is -0.362 e. The number of nitrogens with two attached hydrogens (primary N) is 1. The maximum atomic E-state index is 5.34. The lowest BCUT2D eigenvalue weighted by Gasteiger charge is -1.85. The van der Waals surface area contributed by atoms with Gasteiger partial charge in [-0.05, 0) is 6.42 Å². The first-order chi connectivity index (χ1) is 2.39. The largest absolute Gasteiger partial charge is 0.362 e. The smallest absolute Gasteiger partial charge is 0.277 e. The van der Waals surface area contributed by atoms with E-state index < -0.39 is 0 Å². The first-order valence-corrected chi connectivity index (χ1v) is 1.87. The Hall–Kier alpha value is -0.235. The second kappa shape index (κ2) is 0.302. The van der Waals surface area contributed by atoms with Crippen molar-refractivity contribution in [2.75, 3.05) is 0 Å². The van der Waals surface area contributed by atoms with Gasteiger partial charge in [-0.25, -0.2) is 0 Å². The molecule has 24 valence electrons. The molecule has 2 N–H and O–H groups in total. The van der Waals surface area contributed by atoms with Gasteiger partial charge in [-0.1, -0.05) is 10.9 Å². The summed E-state index contributed by atoms with van der Waals surface area (Å²) < 4.78 is 0. The molecule has 2 aliphatic rings. The van der Waals surface area contributed by atoms with Crippen LogP contribution < -0.4 is 5.64 Å². The van der Waals surface area contributed by atoms with Crippen molar-refractivity contribution in [1.29, 1.82) is 0 Å². The Morgan fingerprint density at radius 1 is 1.60 bits per heavy atom. The highest BCUT2D eigenvalue weighted by molar-refractivity contribution is 6.88. The quantitative estimate of drug-likeness (QED) is 0.386. The fraction of sp³-hybridized carbons (Fsp3) is 0.333. The Labute approximate surface area is 31.0 Å². The fourth-order valence-electron chi connectivity index (χ4n) is 0.590. The van der Waals surface area contributed by atoms with Gasteiger partial charge in [0.1, 0.15) is 0 Å². The van der Waals surface area contributed by atoms with E-state index >= 15 is 0 Å². The summed E-state index contributed by atoms with van der Waals surface area (Å²) in [6, 6.07) is 0. The zero-order chi connectivity index (χ0) is 3.44. The van der Waals surface area contributed by atoms with Crippen molar-refractivity contribution in [2.24, 2.45) is 5.64 Å². The van der Waals surface area contributed by atoms with E-state index in [-0.39, 0.29) is 0 Å². The van der Waals surface area contributed by atoms with Gasteiger partial charge in [0.05, 0.1) is 0 Å². The van der Waals surface area contributed by atoms with Gasteiger partial charge in [-0.3, -0.25) is 0 Å². The molecule has 0 spiro atoms. The minimum absolute atomic E-state index is 0.481. The van der Waals surface area contributed by atoms with Crippen molar-refractivity contribution in [3.63, 3.8) is 0 Å². The number of allylic oxidation sites excluding steroid dienone is 2. The van der Waals surface area contributed by atoms with E-state index in [0.29, 0.717) is 6.85 Å². The zero-order valence-corrected chi connectivity index (χ0v) is 2.86. The summed E-state index contributed by atoms with van der Waals surface area (Å²) in [7, 11) is 0. The summed E-state index contributed by atoms with van der Waals surface area (Å²) in [6.45, 7) is 0.481. The highest BCUT2D eigenvalue weighted by Crippen LogP contribution is 2.49. The van der Waals surface area contributed by atoms with Crippen molar-refractivity contribution in [2.45, 2.75) is 6.42 Å². The molecule has 0 amide bonds. The first-order valence-electron chi connectivity index (χ1n) is 1.87. The molecule has 0 aromatic rings. The molecule has 0 fully saturated rings. The Balaban J connectivity index is 2.32. The summed E-state index contributed by atoms with van der Waals surface area (Å²) >= 11 is 0. The number of hydrogen-bond acceptors (Lipinski definition) is 1. The third kappa shape index (κ3) is 0.0847. The molecule has 0 bridgehead atoms. The lowest BCUT2D eigenvalue weighted by Crippen LogP contribution is -2.17. The van der Waals surface area contributed by atoms with Gasteiger partial charge >= 0.3 is 0 Å². The summed E-state index contributed by atoms with van der Waals surface area (Å²) in [6.07, 6.45) is 1.28. The van der Waals surface area contributed by atoms with Crippen LogP contribution in [0.3, 0.4) is 0 Å². The van der Waals surface area contributed by atoms with Crippen LogP contribution in [0.4, 0.5) is 0 Å². The molecule has 1 nitrogen and oxygen atoms in total. The number of rotatable bonds is 0. The lowest BCUT2D eigenvalue weighted by atomic mass is 9.67. The maximum Gasteiger partial charge on any atom is 0.277 e. The van der Waals surface area contributed by atoms with E-state index in [9.17, 15) is 0 Å². The van der Waals surface area contributed by atoms with Crippen molar-refractivity contribution in [3.05, 3.63) is 10.9 Å². The molecular formula is C3H4BN. The van der Waals surface area contributed by atoms with E-state index in [1.54, 1.807) is 0 Å². The molecule has 0 atom stereocenters. The van der Waals surface area contributed by atoms with Crippen LogP contribution in [0.5, 0.6) is 0 Å². The molecule has 0 saturated carbocycles. The van der Waals surface area contributed by atoms with E-state index in [4.69, 9.17) is 5.64 Å². The van der Waals surface area contributed by atoms with Crippen molar-refractivity contribution < 1.29 is 0 Å². The Morgan fingerprint density at radius 2 is 2.00 bits per heavy atom. The molecule has 0 unspecified atom stereocenters.